The average Bonchev–Trinajstić information content (AvgIpc) is 3.56. The molecule has 284 valence electrons. The lowest BCUT2D eigenvalue weighted by Crippen LogP contribution is -2.61. The number of benzene rings is 2. The normalized spacial score (nSPS) is 17.4. The number of hydrogen-bond acceptors (Lipinski definition) is 7. The Morgan fingerprint density at radius 3 is 2.42 bits per heavy atom. The number of unbranched alkanes of at least 4 members (excludes halogenated alkanes) is 2. The molecule has 1 fully saturated rings. The number of aliphatic carboxylic acids is 1. The van der Waals surface area contributed by atoms with Crippen LogP contribution in [0.2, 0.25) is 0 Å². The van der Waals surface area contributed by atoms with Crippen molar-refractivity contribution in [2.45, 2.75) is 120 Å². The molecule has 0 unspecified atom stereocenters. The number of fused-ring (bicyclic) bond motifs is 1. The highest BCUT2D eigenvalue weighted by Gasteiger charge is 2.45. The van der Waals surface area contributed by atoms with Crippen LogP contribution in [0.15, 0.2) is 65.7 Å². The van der Waals surface area contributed by atoms with E-state index in [1.807, 2.05) is 44.3 Å². The summed E-state index contributed by atoms with van der Waals surface area (Å²) in [5.41, 5.74) is 8.12. The molecule has 1 aliphatic heterocycles. The van der Waals surface area contributed by atoms with Gasteiger partial charge in [-0.2, -0.15) is 4.31 Å². The third-order valence-electron chi connectivity index (χ3n) is 10.3. The first-order chi connectivity index (χ1) is 24.9. The quantitative estimate of drug-likeness (QED) is 0.117. The fourth-order valence-corrected chi connectivity index (χ4v) is 8.75. The Kier molecular flexibility index (Phi) is 15.0. The Morgan fingerprint density at radius 1 is 1.02 bits per heavy atom. The third kappa shape index (κ3) is 10.3. The zero-order chi connectivity index (χ0) is 37.8. The number of amides is 2. The molecule has 4 rings (SSSR count). The number of piperidine rings is 1. The summed E-state index contributed by atoms with van der Waals surface area (Å²) in [6.07, 6.45) is 7.55. The number of nitrogens with one attached hydrogen (secondary N) is 2. The molecule has 12 nitrogen and oxygen atoms in total. The maximum absolute atomic E-state index is 14.7. The minimum Gasteiger partial charge on any atom is -0.480 e. The number of aromatic nitrogens is 1. The summed E-state index contributed by atoms with van der Waals surface area (Å²) in [7, 11) is -4.36. The summed E-state index contributed by atoms with van der Waals surface area (Å²) in [4.78, 5) is 56.9. The minimum atomic E-state index is -4.36. The number of H-pyrrole nitrogens is 1. The van der Waals surface area contributed by atoms with Crippen LogP contribution < -0.4 is 11.1 Å². The van der Waals surface area contributed by atoms with Crippen molar-refractivity contribution >= 4 is 44.5 Å². The number of rotatable bonds is 20. The molecule has 0 radical (unpaired) electrons. The Labute approximate surface area is 307 Å². The van der Waals surface area contributed by atoms with Crippen molar-refractivity contribution in [1.29, 1.82) is 0 Å². The third-order valence-corrected chi connectivity index (χ3v) is 12.1. The summed E-state index contributed by atoms with van der Waals surface area (Å²) in [6.45, 7) is 5.45. The molecule has 13 heteroatoms. The highest BCUT2D eigenvalue weighted by atomic mass is 32.2. The summed E-state index contributed by atoms with van der Waals surface area (Å²) < 4.78 is 30.6. The van der Waals surface area contributed by atoms with Gasteiger partial charge in [-0.05, 0) is 68.2 Å². The van der Waals surface area contributed by atoms with Gasteiger partial charge in [0.25, 0.3) is 0 Å². The van der Waals surface area contributed by atoms with Gasteiger partial charge in [-0.3, -0.25) is 14.4 Å². The van der Waals surface area contributed by atoms with Crippen LogP contribution in [0, 0.1) is 5.92 Å². The Morgan fingerprint density at radius 2 is 1.73 bits per heavy atom. The van der Waals surface area contributed by atoms with Crippen LogP contribution >= 0.6 is 0 Å². The smallest absolute Gasteiger partial charge is 0.326 e. The second-order valence-electron chi connectivity index (χ2n) is 14.0. The summed E-state index contributed by atoms with van der Waals surface area (Å²) in [5.74, 6) is -2.42. The van der Waals surface area contributed by atoms with Gasteiger partial charge in [0, 0.05) is 49.1 Å². The summed E-state index contributed by atoms with van der Waals surface area (Å²) >= 11 is 0. The number of carbonyl (C=O) groups excluding carboxylic acids is 3. The number of carboxylic acids is 1. The fourth-order valence-electron chi connectivity index (χ4n) is 7.01. The van der Waals surface area contributed by atoms with Crippen molar-refractivity contribution < 1.29 is 32.7 Å². The van der Waals surface area contributed by atoms with E-state index in [-0.39, 0.29) is 36.6 Å². The van der Waals surface area contributed by atoms with Gasteiger partial charge in [-0.15, -0.1) is 0 Å². The number of ketones is 1. The minimum absolute atomic E-state index is 0.0139. The monoisotopic (exact) mass is 737 g/mol. The van der Waals surface area contributed by atoms with Crippen LogP contribution in [-0.2, 0) is 35.6 Å². The molecule has 2 aromatic carbocycles. The Bertz CT molecular complexity index is 1760. The van der Waals surface area contributed by atoms with E-state index in [0.29, 0.717) is 44.9 Å². The van der Waals surface area contributed by atoms with Crippen LogP contribution in [0.4, 0.5) is 0 Å². The van der Waals surface area contributed by atoms with Gasteiger partial charge in [0.2, 0.25) is 21.8 Å². The molecule has 1 aromatic heterocycles. The van der Waals surface area contributed by atoms with Crippen molar-refractivity contribution in [2.24, 2.45) is 11.7 Å². The van der Waals surface area contributed by atoms with Crippen molar-refractivity contribution in [3.8, 4) is 0 Å². The van der Waals surface area contributed by atoms with Crippen LogP contribution in [0.5, 0.6) is 0 Å². The van der Waals surface area contributed by atoms with Crippen molar-refractivity contribution in [1.82, 2.24) is 19.5 Å². The summed E-state index contributed by atoms with van der Waals surface area (Å²) in [6, 6.07) is 11.6. The molecular formula is C39H55N5O7S. The molecule has 0 aliphatic carbocycles. The van der Waals surface area contributed by atoms with E-state index in [4.69, 9.17) is 5.73 Å². The fraction of sp³-hybridized carbons (Fsp3) is 0.538. The number of Topliss-reactive ketones (excluding diaryl/α,β-unsaturated/α-hetero) is 1. The lowest BCUT2D eigenvalue weighted by atomic mass is 9.94. The topological polar surface area (TPSA) is 183 Å². The maximum atomic E-state index is 14.7. The molecule has 1 saturated heterocycles. The summed E-state index contributed by atoms with van der Waals surface area (Å²) in [5, 5.41) is 14.0. The van der Waals surface area contributed by atoms with E-state index < -0.39 is 57.9 Å². The van der Waals surface area contributed by atoms with E-state index >= 15 is 0 Å². The van der Waals surface area contributed by atoms with Gasteiger partial charge in [-0.25, -0.2) is 13.2 Å². The van der Waals surface area contributed by atoms with Crippen molar-refractivity contribution in [3.63, 3.8) is 0 Å². The second kappa shape index (κ2) is 19.1. The number of para-hydroxylation sites is 1. The SMILES string of the molecule is CCC(=O)CCCCC[C@H](N)C(=O)N[C@@H](Cc1c[nH]c2ccccc12)CN([C@H](C(=O)N1CCCC[C@@H]1C(=O)O)[C@@H](C)CC)S(=O)(=O)c1ccccc1. The first kappa shape index (κ1) is 40.7. The Balaban J connectivity index is 1.72. The van der Waals surface area contributed by atoms with Gasteiger partial charge >= 0.3 is 5.97 Å². The molecule has 1 aliphatic rings. The van der Waals surface area contributed by atoms with E-state index in [2.05, 4.69) is 10.3 Å². The number of nitrogens with zero attached hydrogens (tertiary/aromatic N) is 2. The average molecular weight is 738 g/mol. The number of aromatic amines is 1. The van der Waals surface area contributed by atoms with Gasteiger partial charge in [0.05, 0.1) is 10.9 Å². The molecule has 52 heavy (non-hydrogen) atoms. The van der Waals surface area contributed by atoms with Gasteiger partial charge in [0.1, 0.15) is 17.9 Å². The van der Waals surface area contributed by atoms with E-state index in [1.165, 1.54) is 21.3 Å². The highest BCUT2D eigenvalue weighted by molar-refractivity contribution is 7.89. The molecule has 5 atom stereocenters. The van der Waals surface area contributed by atoms with Gasteiger partial charge in [0.15, 0.2) is 0 Å². The number of nitrogens with two attached hydrogens (primary N) is 1. The lowest BCUT2D eigenvalue weighted by molar-refractivity contribution is -0.154. The van der Waals surface area contributed by atoms with Crippen LogP contribution in [-0.4, -0.2) is 88.5 Å². The number of carbonyl (C=O) groups is 4. The van der Waals surface area contributed by atoms with Gasteiger partial charge < -0.3 is 26.0 Å². The van der Waals surface area contributed by atoms with E-state index in [1.54, 1.807) is 25.1 Å². The van der Waals surface area contributed by atoms with E-state index in [9.17, 15) is 32.7 Å². The predicted molar refractivity (Wildman–Crippen MR) is 201 cm³/mol. The molecule has 2 heterocycles. The largest absolute Gasteiger partial charge is 0.480 e. The molecular weight excluding hydrogens is 683 g/mol. The van der Waals surface area contributed by atoms with Gasteiger partial charge in [-0.1, -0.05) is 76.4 Å². The lowest BCUT2D eigenvalue weighted by Gasteiger charge is -2.41. The van der Waals surface area contributed by atoms with Crippen molar-refractivity contribution in [3.05, 3.63) is 66.4 Å². The number of carboxylic acid groups (broad SMARTS) is 1. The second-order valence-corrected chi connectivity index (χ2v) is 15.9. The van der Waals surface area contributed by atoms with Crippen molar-refractivity contribution in [2.75, 3.05) is 13.1 Å². The molecule has 0 saturated carbocycles. The first-order valence-corrected chi connectivity index (χ1v) is 20.1. The number of likely N-dealkylation sites (tertiary alicyclic amines) is 1. The Hall–Kier alpha value is -4.07. The predicted octanol–water partition coefficient (Wildman–Crippen LogP) is 5.02. The van der Waals surface area contributed by atoms with Crippen LogP contribution in [0.25, 0.3) is 10.9 Å². The van der Waals surface area contributed by atoms with Crippen LogP contribution in [0.1, 0.15) is 90.5 Å². The zero-order valence-corrected chi connectivity index (χ0v) is 31.4. The zero-order valence-electron chi connectivity index (χ0n) is 30.6. The first-order valence-electron chi connectivity index (χ1n) is 18.6. The highest BCUT2D eigenvalue weighted by Crippen LogP contribution is 2.29. The maximum Gasteiger partial charge on any atom is 0.326 e. The van der Waals surface area contributed by atoms with Crippen LogP contribution in [0.3, 0.4) is 0 Å². The standard InChI is InChI=1S/C39H55N5O7S/c1-4-27(3)36(38(47)43-23-15-14-22-35(43)39(48)49)44(52(50,51)31-17-9-7-10-18-31)26-29(24-28-25-41-34-21-13-12-19-32(28)34)42-37(46)33(40)20-11-6-8-16-30(45)5-2/h7,9-10,12-13,17-19,21,25,27,29,33,35-36,41H,4-6,8,11,14-16,20,22-24,26,40H2,1-3H3,(H,42,46)(H,48,49)/t27-,29-,33-,35+,36-/m0/s1. The molecule has 2 amide bonds. The molecule has 0 spiro atoms. The number of hydrogen-bond donors (Lipinski definition) is 4. The number of sulfonamides is 1. The molecule has 0 bridgehead atoms. The molecule has 5 N–H and O–H groups in total. The van der Waals surface area contributed by atoms with E-state index in [0.717, 1.165) is 29.3 Å². The molecule has 3 aromatic rings.